The molecule has 0 saturated carbocycles. The highest BCUT2D eigenvalue weighted by Crippen LogP contribution is 2.14. The minimum atomic E-state index is -0.815. The second-order valence-corrected chi connectivity index (χ2v) is 5.26. The van der Waals surface area contributed by atoms with Crippen LogP contribution in [-0.2, 0) is 4.79 Å². The fraction of sp³-hybridized carbons (Fsp3) is 0.846. The Kier molecular flexibility index (Phi) is 8.16. The van der Waals surface area contributed by atoms with Gasteiger partial charge in [0.1, 0.15) is 0 Å². The highest BCUT2D eigenvalue weighted by atomic mass is 16.4. The zero-order chi connectivity index (χ0) is 14.1. The van der Waals surface area contributed by atoms with Gasteiger partial charge in [0.15, 0.2) is 0 Å². The topological polar surface area (TPSA) is 78.4 Å². The third-order valence-corrected chi connectivity index (χ3v) is 2.81. The molecule has 3 N–H and O–H groups in total. The largest absolute Gasteiger partial charge is 0.481 e. The van der Waals surface area contributed by atoms with Crippen molar-refractivity contribution < 1.29 is 14.7 Å². The first-order valence-corrected chi connectivity index (χ1v) is 6.61. The molecule has 0 fully saturated rings. The van der Waals surface area contributed by atoms with Crippen LogP contribution in [0.1, 0.15) is 47.0 Å². The summed E-state index contributed by atoms with van der Waals surface area (Å²) in [7, 11) is 0. The molecule has 0 aromatic rings. The fourth-order valence-electron chi connectivity index (χ4n) is 1.77. The first-order valence-electron chi connectivity index (χ1n) is 6.61. The lowest BCUT2D eigenvalue weighted by atomic mass is 9.94. The number of hydrogen-bond donors (Lipinski definition) is 3. The minimum Gasteiger partial charge on any atom is -0.481 e. The molecule has 1 unspecified atom stereocenters. The van der Waals surface area contributed by atoms with E-state index < -0.39 is 5.97 Å². The first-order chi connectivity index (χ1) is 8.35. The van der Waals surface area contributed by atoms with Gasteiger partial charge in [0.05, 0.1) is 0 Å². The lowest BCUT2D eigenvalue weighted by molar-refractivity contribution is -0.138. The van der Waals surface area contributed by atoms with Crippen molar-refractivity contribution in [1.82, 2.24) is 10.6 Å². The van der Waals surface area contributed by atoms with Gasteiger partial charge < -0.3 is 15.7 Å². The Balaban J connectivity index is 4.08. The fourth-order valence-corrected chi connectivity index (χ4v) is 1.77. The van der Waals surface area contributed by atoms with Crippen molar-refractivity contribution in [2.45, 2.75) is 53.0 Å². The molecule has 2 atom stereocenters. The summed E-state index contributed by atoms with van der Waals surface area (Å²) in [6.07, 6.45) is 1.77. The Morgan fingerprint density at radius 3 is 2.28 bits per heavy atom. The number of amides is 2. The van der Waals surface area contributed by atoms with E-state index in [1.807, 2.05) is 27.7 Å². The average molecular weight is 258 g/mol. The molecule has 18 heavy (non-hydrogen) atoms. The van der Waals surface area contributed by atoms with Crippen LogP contribution in [0.3, 0.4) is 0 Å². The van der Waals surface area contributed by atoms with Crippen LogP contribution in [0.4, 0.5) is 4.79 Å². The molecule has 106 valence electrons. The summed E-state index contributed by atoms with van der Waals surface area (Å²) in [5.74, 6) is -0.399. The maximum absolute atomic E-state index is 11.5. The number of nitrogens with one attached hydrogen (secondary N) is 2. The second kappa shape index (κ2) is 8.78. The van der Waals surface area contributed by atoms with Crippen LogP contribution in [0.5, 0.6) is 0 Å². The van der Waals surface area contributed by atoms with Gasteiger partial charge in [-0.25, -0.2) is 4.79 Å². The van der Waals surface area contributed by atoms with E-state index >= 15 is 0 Å². The van der Waals surface area contributed by atoms with Crippen molar-refractivity contribution in [1.29, 1.82) is 0 Å². The predicted octanol–water partition coefficient (Wildman–Crippen LogP) is 2.22. The van der Waals surface area contributed by atoms with Gasteiger partial charge in [-0.1, -0.05) is 20.8 Å². The highest BCUT2D eigenvalue weighted by molar-refractivity contribution is 5.74. The molecule has 0 radical (unpaired) electrons. The molecule has 0 bridgehead atoms. The quantitative estimate of drug-likeness (QED) is 0.624. The van der Waals surface area contributed by atoms with Gasteiger partial charge in [0.2, 0.25) is 0 Å². The first kappa shape index (κ1) is 16.7. The van der Waals surface area contributed by atoms with Crippen LogP contribution in [0.2, 0.25) is 0 Å². The normalized spacial score (nSPS) is 14.1. The van der Waals surface area contributed by atoms with Crippen LogP contribution < -0.4 is 10.6 Å². The molecule has 0 spiro atoms. The standard InChI is InChI=1S/C13H26N2O3/c1-5-10(4)15-13(18)14-8-11(6-9(2)3)7-12(16)17/h9-11H,5-8H2,1-4H3,(H,16,17)(H2,14,15,18)/t10?,11-/m0/s1. The molecule has 0 aromatic heterocycles. The Morgan fingerprint density at radius 1 is 1.22 bits per heavy atom. The van der Waals surface area contributed by atoms with Crippen molar-refractivity contribution in [3.05, 3.63) is 0 Å². The van der Waals surface area contributed by atoms with Crippen molar-refractivity contribution >= 4 is 12.0 Å². The molecule has 0 aliphatic rings. The Bertz CT molecular complexity index is 267. The number of aliphatic carboxylic acids is 1. The maximum atomic E-state index is 11.5. The molecule has 0 heterocycles. The number of carboxylic acid groups (broad SMARTS) is 1. The molecule has 5 heteroatoms. The van der Waals surface area contributed by atoms with Gasteiger partial charge in [0, 0.05) is 19.0 Å². The van der Waals surface area contributed by atoms with Crippen LogP contribution in [0.15, 0.2) is 0 Å². The van der Waals surface area contributed by atoms with Gasteiger partial charge in [-0.3, -0.25) is 4.79 Å². The SMILES string of the molecule is CCC(C)NC(=O)NC[C@H](CC(=O)O)CC(C)C. The summed E-state index contributed by atoms with van der Waals surface area (Å²) < 4.78 is 0. The molecule has 0 rings (SSSR count). The van der Waals surface area contributed by atoms with Gasteiger partial charge in [0.25, 0.3) is 0 Å². The van der Waals surface area contributed by atoms with E-state index in [0.29, 0.717) is 12.5 Å². The Hall–Kier alpha value is -1.26. The zero-order valence-corrected chi connectivity index (χ0v) is 11.8. The van der Waals surface area contributed by atoms with Crippen molar-refractivity contribution in [3.8, 4) is 0 Å². The van der Waals surface area contributed by atoms with E-state index in [0.717, 1.165) is 12.8 Å². The van der Waals surface area contributed by atoms with E-state index in [-0.39, 0.29) is 24.4 Å². The van der Waals surface area contributed by atoms with Crippen molar-refractivity contribution in [2.75, 3.05) is 6.54 Å². The molecule has 0 aliphatic heterocycles. The molecule has 2 amide bonds. The molecule has 0 aromatic carbocycles. The van der Waals surface area contributed by atoms with E-state index in [1.54, 1.807) is 0 Å². The molecule has 0 saturated heterocycles. The number of carbonyl (C=O) groups is 2. The smallest absolute Gasteiger partial charge is 0.315 e. The summed E-state index contributed by atoms with van der Waals surface area (Å²) in [6, 6.07) is -0.0866. The van der Waals surface area contributed by atoms with Gasteiger partial charge in [-0.2, -0.15) is 0 Å². The summed E-state index contributed by atoms with van der Waals surface area (Å²) in [4.78, 5) is 22.3. The molecule has 5 nitrogen and oxygen atoms in total. The Labute approximate surface area is 109 Å². The van der Waals surface area contributed by atoms with Gasteiger partial charge in [-0.15, -0.1) is 0 Å². The lowest BCUT2D eigenvalue weighted by Gasteiger charge is -2.19. The Morgan fingerprint density at radius 2 is 1.83 bits per heavy atom. The number of urea groups is 1. The molecular formula is C13H26N2O3. The molecule has 0 aliphatic carbocycles. The zero-order valence-electron chi connectivity index (χ0n) is 11.8. The molecular weight excluding hydrogens is 232 g/mol. The predicted molar refractivity (Wildman–Crippen MR) is 71.5 cm³/mol. The van der Waals surface area contributed by atoms with E-state index in [2.05, 4.69) is 10.6 Å². The average Bonchev–Trinajstić information content (AvgIpc) is 2.24. The number of rotatable bonds is 8. The summed E-state index contributed by atoms with van der Waals surface area (Å²) >= 11 is 0. The van der Waals surface area contributed by atoms with E-state index in [4.69, 9.17) is 5.11 Å². The summed E-state index contributed by atoms with van der Waals surface area (Å²) in [5, 5.41) is 14.4. The lowest BCUT2D eigenvalue weighted by Crippen LogP contribution is -2.42. The number of hydrogen-bond acceptors (Lipinski definition) is 2. The van der Waals surface area contributed by atoms with Crippen LogP contribution in [0.25, 0.3) is 0 Å². The van der Waals surface area contributed by atoms with E-state index in [1.165, 1.54) is 0 Å². The van der Waals surface area contributed by atoms with Gasteiger partial charge in [-0.05, 0) is 31.6 Å². The second-order valence-electron chi connectivity index (χ2n) is 5.26. The van der Waals surface area contributed by atoms with Crippen molar-refractivity contribution in [2.24, 2.45) is 11.8 Å². The summed E-state index contributed by atoms with van der Waals surface area (Å²) in [6.45, 7) is 8.44. The maximum Gasteiger partial charge on any atom is 0.315 e. The van der Waals surface area contributed by atoms with Crippen LogP contribution in [-0.4, -0.2) is 29.7 Å². The third-order valence-electron chi connectivity index (χ3n) is 2.81. The van der Waals surface area contributed by atoms with Gasteiger partial charge >= 0.3 is 12.0 Å². The number of carbonyl (C=O) groups excluding carboxylic acids is 1. The van der Waals surface area contributed by atoms with Crippen molar-refractivity contribution in [3.63, 3.8) is 0 Å². The van der Waals surface area contributed by atoms with E-state index in [9.17, 15) is 9.59 Å². The summed E-state index contributed by atoms with van der Waals surface area (Å²) in [5.41, 5.74) is 0. The van der Waals surface area contributed by atoms with Crippen LogP contribution in [0, 0.1) is 11.8 Å². The minimum absolute atomic E-state index is 0.00909. The highest BCUT2D eigenvalue weighted by Gasteiger charge is 2.16. The monoisotopic (exact) mass is 258 g/mol. The van der Waals surface area contributed by atoms with Crippen LogP contribution >= 0.6 is 0 Å². The number of carboxylic acids is 1. The third kappa shape index (κ3) is 8.84.